The molecule has 0 N–H and O–H groups in total. The Morgan fingerprint density at radius 3 is 1.81 bits per heavy atom. The van der Waals surface area contributed by atoms with Crippen LogP contribution in [0.1, 0.15) is 41.5 Å². The van der Waals surface area contributed by atoms with Crippen molar-refractivity contribution >= 4 is 10.4 Å². The molecule has 0 aromatic carbocycles. The van der Waals surface area contributed by atoms with Crippen LogP contribution < -0.4 is 0 Å². The zero-order chi connectivity index (χ0) is 12.8. The Kier molecular flexibility index (Phi) is 3.18. The summed E-state index contributed by atoms with van der Waals surface area (Å²) in [6.07, 6.45) is 1.67. The highest BCUT2D eigenvalue weighted by Gasteiger charge is 2.49. The zero-order valence-corrected chi connectivity index (χ0v) is 12.2. The van der Waals surface area contributed by atoms with Crippen molar-refractivity contribution in [1.29, 1.82) is 0 Å². The molecule has 16 heavy (non-hydrogen) atoms. The second-order valence-corrected chi connectivity index (χ2v) is 10.00. The Morgan fingerprint density at radius 2 is 1.56 bits per heavy atom. The number of halogens is 1. The first-order chi connectivity index (χ1) is 7.02. The Labute approximate surface area is 99.8 Å². The van der Waals surface area contributed by atoms with Crippen LogP contribution in [0.4, 0.5) is 3.89 Å². The number of hydrogen-bond acceptors (Lipinski definition) is 1. The molecule has 0 spiro atoms. The van der Waals surface area contributed by atoms with Crippen molar-refractivity contribution in [3.63, 3.8) is 0 Å². The molecule has 0 aliphatic carbocycles. The molecule has 0 bridgehead atoms. The average Bonchev–Trinajstić information content (AvgIpc) is 2.46. The van der Waals surface area contributed by atoms with E-state index in [1.54, 1.807) is 10.9 Å². The highest BCUT2D eigenvalue weighted by molar-refractivity contribution is 8.31. The largest absolute Gasteiger partial charge is 0.261 e. The first-order valence-corrected chi connectivity index (χ1v) is 7.05. The number of hydrogen-bond donors (Lipinski definition) is 0. The van der Waals surface area contributed by atoms with Crippen LogP contribution in [0.25, 0.3) is 0 Å². The number of nitrogens with zero attached hydrogens (tertiary/aromatic N) is 2. The van der Waals surface area contributed by atoms with Gasteiger partial charge in [-0.3, -0.25) is 4.68 Å². The minimum atomic E-state index is -2.44. The Bertz CT molecular complexity index is 357. The third-order valence-electron chi connectivity index (χ3n) is 2.75. The Balaban J connectivity index is 3.45. The van der Waals surface area contributed by atoms with Crippen molar-refractivity contribution in [2.45, 2.75) is 56.1 Å². The summed E-state index contributed by atoms with van der Waals surface area (Å²) < 4.78 is 16.5. The molecule has 0 saturated heterocycles. The summed E-state index contributed by atoms with van der Waals surface area (Å²) in [5, 5.41) is 4.84. The van der Waals surface area contributed by atoms with Crippen LogP contribution in [-0.4, -0.2) is 19.3 Å². The molecule has 0 aliphatic heterocycles. The monoisotopic (exact) mass is 246 g/mol. The maximum Gasteiger partial charge on any atom is 0.104 e. The molecule has 0 atom stereocenters. The van der Waals surface area contributed by atoms with Gasteiger partial charge in [0.2, 0.25) is 0 Å². The van der Waals surface area contributed by atoms with Gasteiger partial charge in [0.15, 0.2) is 0 Å². The molecule has 0 saturated carbocycles. The molecule has 4 heteroatoms. The second-order valence-electron chi connectivity index (χ2n) is 6.06. The summed E-state index contributed by atoms with van der Waals surface area (Å²) in [4.78, 5) is 0. The first kappa shape index (κ1) is 13.6. The van der Waals surface area contributed by atoms with Gasteiger partial charge in [0.25, 0.3) is 0 Å². The smallest absolute Gasteiger partial charge is 0.104 e. The normalized spacial score (nSPS) is 15.2. The van der Waals surface area contributed by atoms with E-state index in [9.17, 15) is 0 Å². The maximum absolute atomic E-state index is 15.7. The third-order valence-corrected chi connectivity index (χ3v) is 7.10. The van der Waals surface area contributed by atoms with Gasteiger partial charge in [-0.15, -0.1) is 0 Å². The van der Waals surface area contributed by atoms with E-state index in [4.69, 9.17) is 0 Å². The van der Waals surface area contributed by atoms with Crippen molar-refractivity contribution in [2.24, 2.45) is 7.05 Å². The van der Waals surface area contributed by atoms with Crippen molar-refractivity contribution in [2.75, 3.05) is 0 Å². The molecule has 0 fully saturated rings. The molecule has 0 radical (unpaired) electrons. The van der Waals surface area contributed by atoms with E-state index in [-0.39, 0.29) is 9.49 Å². The second kappa shape index (κ2) is 3.76. The molecule has 0 amide bonds. The minimum Gasteiger partial charge on any atom is -0.261 e. The molecule has 1 rings (SSSR count). The topological polar surface area (TPSA) is 17.8 Å². The number of aromatic nitrogens is 2. The summed E-state index contributed by atoms with van der Waals surface area (Å²) in [5.74, 6) is 0. The van der Waals surface area contributed by atoms with Gasteiger partial charge in [0, 0.05) is 16.5 Å². The van der Waals surface area contributed by atoms with E-state index < -0.39 is 10.4 Å². The first-order valence-electron chi connectivity index (χ1n) is 5.52. The summed E-state index contributed by atoms with van der Waals surface area (Å²) >= 11 is 0. The van der Waals surface area contributed by atoms with Crippen molar-refractivity contribution in [1.82, 2.24) is 9.78 Å². The molecule has 2 nitrogen and oxygen atoms in total. The summed E-state index contributed by atoms with van der Waals surface area (Å²) in [7, 11) is -0.623. The van der Waals surface area contributed by atoms with Crippen LogP contribution in [-0.2, 0) is 7.05 Å². The van der Waals surface area contributed by atoms with Crippen LogP contribution in [0.5, 0.6) is 0 Å². The van der Waals surface area contributed by atoms with Gasteiger partial charge in [-0.25, -0.2) is 0 Å². The van der Waals surface area contributed by atoms with Crippen LogP contribution in [0.2, 0.25) is 0 Å². The fourth-order valence-electron chi connectivity index (χ4n) is 2.18. The molecular formula is C12H23FN2S. The van der Waals surface area contributed by atoms with Crippen LogP contribution in [0.3, 0.4) is 0 Å². The van der Waals surface area contributed by atoms with Crippen molar-refractivity contribution in [3.8, 4) is 0 Å². The van der Waals surface area contributed by atoms with Crippen LogP contribution in [0, 0.1) is 0 Å². The number of aryl methyl sites for hydroxylation is 1. The fraction of sp³-hybridized carbons (Fsp3) is 0.750. The highest BCUT2D eigenvalue weighted by atomic mass is 32.3. The summed E-state index contributed by atoms with van der Waals surface area (Å²) in [6, 6.07) is 1.81. The molecule has 1 heterocycles. The van der Waals surface area contributed by atoms with Gasteiger partial charge in [-0.1, -0.05) is 0 Å². The van der Waals surface area contributed by atoms with E-state index in [1.165, 1.54) is 0 Å². The van der Waals surface area contributed by atoms with Crippen LogP contribution >= 0.6 is 10.4 Å². The third kappa shape index (κ3) is 1.88. The average molecular weight is 246 g/mol. The lowest BCUT2D eigenvalue weighted by atomic mass is 10.2. The van der Waals surface area contributed by atoms with Gasteiger partial charge < -0.3 is 0 Å². The highest BCUT2D eigenvalue weighted by Crippen LogP contribution is 2.73. The molecule has 94 valence electrons. The lowest BCUT2D eigenvalue weighted by Gasteiger charge is -2.51. The fourth-order valence-corrected chi connectivity index (χ4v) is 5.94. The molecule has 0 unspecified atom stereocenters. The van der Waals surface area contributed by atoms with E-state index in [0.29, 0.717) is 0 Å². The quantitative estimate of drug-likeness (QED) is 0.730. The van der Waals surface area contributed by atoms with E-state index in [0.717, 1.165) is 5.03 Å². The zero-order valence-electron chi connectivity index (χ0n) is 11.3. The molecular weight excluding hydrogens is 223 g/mol. The van der Waals surface area contributed by atoms with Gasteiger partial charge in [0.1, 0.15) is 5.03 Å². The van der Waals surface area contributed by atoms with E-state index in [1.807, 2.05) is 54.7 Å². The van der Waals surface area contributed by atoms with Gasteiger partial charge in [0.05, 0.1) is 6.20 Å². The van der Waals surface area contributed by atoms with Crippen LogP contribution in [0.15, 0.2) is 17.3 Å². The SMILES string of the molecule is Cn1nccc1S(F)(C(C)(C)C)C(C)(C)C. The molecule has 1 aromatic rings. The van der Waals surface area contributed by atoms with Gasteiger partial charge >= 0.3 is 0 Å². The molecule has 1 aromatic heterocycles. The van der Waals surface area contributed by atoms with Crippen molar-refractivity contribution < 1.29 is 3.89 Å². The summed E-state index contributed by atoms with van der Waals surface area (Å²) in [5.41, 5.74) is 0. The summed E-state index contributed by atoms with van der Waals surface area (Å²) in [6.45, 7) is 11.8. The van der Waals surface area contributed by atoms with E-state index >= 15 is 3.89 Å². The lowest BCUT2D eigenvalue weighted by molar-refractivity contribution is 0.603. The van der Waals surface area contributed by atoms with Gasteiger partial charge in [-0.05, 0) is 58.0 Å². The Morgan fingerprint density at radius 1 is 1.12 bits per heavy atom. The predicted octanol–water partition coefficient (Wildman–Crippen LogP) is 4.07. The predicted molar refractivity (Wildman–Crippen MR) is 69.7 cm³/mol. The van der Waals surface area contributed by atoms with E-state index in [2.05, 4.69) is 5.10 Å². The molecule has 0 aliphatic rings. The maximum atomic E-state index is 15.7. The van der Waals surface area contributed by atoms with Gasteiger partial charge in [-0.2, -0.15) is 8.98 Å². The van der Waals surface area contributed by atoms with Crippen molar-refractivity contribution in [3.05, 3.63) is 12.3 Å². The lowest BCUT2D eigenvalue weighted by Crippen LogP contribution is -2.36. The number of rotatable bonds is 1. The Hall–Kier alpha value is -0.510. The standard InChI is InChI=1S/C12H23FN2S/c1-11(2,3)16(13,12(4,5)6)10-8-9-14-15(10)7/h8-9H,1-7H3. The minimum absolute atomic E-state index is 0.390.